The smallest absolute Gasteiger partial charge is 0.119 e. The summed E-state index contributed by atoms with van der Waals surface area (Å²) in [6.45, 7) is 13.6. The highest BCUT2D eigenvalue weighted by Crippen LogP contribution is 2.29. The molecule has 1 aromatic heterocycles. The van der Waals surface area contributed by atoms with E-state index in [4.69, 9.17) is 16.3 Å². The lowest BCUT2D eigenvalue weighted by molar-refractivity contribution is 0.142. The Morgan fingerprint density at radius 1 is 1.16 bits per heavy atom. The number of allylic oxidation sites excluding steroid dienone is 1. The van der Waals surface area contributed by atoms with Crippen LogP contribution in [0.25, 0.3) is 16.5 Å². The Bertz CT molecular complexity index is 1010. The summed E-state index contributed by atoms with van der Waals surface area (Å²) < 4.78 is 8.58. The Kier molecular flexibility index (Phi) is 8.22. The molecular weight excluding hydrogens is 404 g/mol. The van der Waals surface area contributed by atoms with Crippen LogP contribution in [0.2, 0.25) is 5.02 Å². The van der Waals surface area contributed by atoms with Crippen LogP contribution in [0.5, 0.6) is 5.75 Å². The van der Waals surface area contributed by atoms with Gasteiger partial charge in [-0.1, -0.05) is 50.2 Å². The van der Waals surface area contributed by atoms with Crippen molar-refractivity contribution in [3.05, 3.63) is 71.4 Å². The number of halogens is 1. The average Bonchev–Trinajstić information content (AvgIpc) is 3.14. The second-order valence-electron chi connectivity index (χ2n) is 8.40. The van der Waals surface area contributed by atoms with E-state index in [0.717, 1.165) is 55.2 Å². The molecule has 166 valence electrons. The van der Waals surface area contributed by atoms with Crippen LogP contribution in [-0.4, -0.2) is 35.7 Å². The third-order valence-electron chi connectivity index (χ3n) is 5.85. The molecule has 1 unspecified atom stereocenters. The second kappa shape index (κ2) is 10.9. The molecule has 3 rings (SSSR count). The van der Waals surface area contributed by atoms with Gasteiger partial charge in [-0.05, 0) is 75.2 Å². The van der Waals surface area contributed by atoms with E-state index in [-0.39, 0.29) is 6.10 Å². The first-order valence-electron chi connectivity index (χ1n) is 11.3. The molecule has 0 fully saturated rings. The summed E-state index contributed by atoms with van der Waals surface area (Å²) >= 11 is 5.98. The van der Waals surface area contributed by atoms with E-state index < -0.39 is 0 Å². The van der Waals surface area contributed by atoms with Crippen LogP contribution in [0.1, 0.15) is 44.7 Å². The Morgan fingerprint density at radius 3 is 2.55 bits per heavy atom. The summed E-state index contributed by atoms with van der Waals surface area (Å²) in [5.74, 6) is 0.878. The lowest BCUT2D eigenvalue weighted by Crippen LogP contribution is -2.33. The lowest BCUT2D eigenvalue weighted by atomic mass is 10.0. The summed E-state index contributed by atoms with van der Waals surface area (Å²) in [5, 5.41) is 2.05. The first-order valence-corrected chi connectivity index (χ1v) is 11.7. The molecular formula is C27H35ClN2O. The summed E-state index contributed by atoms with van der Waals surface area (Å²) in [5.41, 5.74) is 5.16. The van der Waals surface area contributed by atoms with Crippen molar-refractivity contribution in [1.82, 2.24) is 9.47 Å². The van der Waals surface area contributed by atoms with Crippen LogP contribution in [0, 0.1) is 0 Å². The summed E-state index contributed by atoms with van der Waals surface area (Å²) in [6.07, 6.45) is 5.55. The number of aromatic nitrogens is 1. The fourth-order valence-electron chi connectivity index (χ4n) is 4.14. The largest absolute Gasteiger partial charge is 0.489 e. The van der Waals surface area contributed by atoms with E-state index in [2.05, 4.69) is 68.3 Å². The standard InChI is InChI=1S/C27H35ClN2O/c1-6-21-10-8-11-25-26(20(3)4)19-30(27(21)25)17-9-16-29(5)18-23(7-2)31-24-14-12-22(28)13-15-24/h8,10-15,19,23H,3,6-7,9,16-18H2,1-2,4-5H3. The van der Waals surface area contributed by atoms with Crippen molar-refractivity contribution >= 4 is 28.1 Å². The normalized spacial score (nSPS) is 12.5. The van der Waals surface area contributed by atoms with Gasteiger partial charge in [0.15, 0.2) is 0 Å². The molecule has 0 bridgehead atoms. The van der Waals surface area contributed by atoms with Crippen LogP contribution in [-0.2, 0) is 13.0 Å². The van der Waals surface area contributed by atoms with Gasteiger partial charge in [-0.3, -0.25) is 0 Å². The van der Waals surface area contributed by atoms with E-state index in [1.54, 1.807) is 0 Å². The molecule has 3 nitrogen and oxygen atoms in total. The molecule has 4 heteroatoms. The second-order valence-corrected chi connectivity index (χ2v) is 8.84. The minimum Gasteiger partial charge on any atom is -0.489 e. The van der Waals surface area contributed by atoms with E-state index in [0.29, 0.717) is 0 Å². The maximum absolute atomic E-state index is 6.16. The molecule has 31 heavy (non-hydrogen) atoms. The summed E-state index contributed by atoms with van der Waals surface area (Å²) in [6, 6.07) is 14.3. The Balaban J connectivity index is 1.61. The molecule has 0 saturated heterocycles. The Hall–Kier alpha value is -2.23. The number of hydrogen-bond acceptors (Lipinski definition) is 2. The fraction of sp³-hybridized carbons (Fsp3) is 0.407. The topological polar surface area (TPSA) is 17.4 Å². The van der Waals surface area contributed by atoms with Gasteiger partial charge in [-0.2, -0.15) is 0 Å². The van der Waals surface area contributed by atoms with E-state index >= 15 is 0 Å². The zero-order valence-electron chi connectivity index (χ0n) is 19.3. The van der Waals surface area contributed by atoms with E-state index in [1.165, 1.54) is 22.0 Å². The number of benzene rings is 2. The lowest BCUT2D eigenvalue weighted by Gasteiger charge is -2.24. The predicted molar refractivity (Wildman–Crippen MR) is 134 cm³/mol. The Labute approximate surface area is 192 Å². The van der Waals surface area contributed by atoms with Crippen LogP contribution in [0.3, 0.4) is 0 Å². The van der Waals surface area contributed by atoms with Crippen molar-refractivity contribution in [2.75, 3.05) is 20.1 Å². The quantitative estimate of drug-likeness (QED) is 0.318. The molecule has 0 N–H and O–H groups in total. The zero-order chi connectivity index (χ0) is 22.4. The molecule has 0 saturated carbocycles. The van der Waals surface area contributed by atoms with E-state index in [9.17, 15) is 0 Å². The molecule has 3 aromatic rings. The molecule has 0 spiro atoms. The minimum absolute atomic E-state index is 0.167. The van der Waals surface area contributed by atoms with Crippen LogP contribution in [0.4, 0.5) is 0 Å². The monoisotopic (exact) mass is 438 g/mol. The van der Waals surface area contributed by atoms with Gasteiger partial charge in [0.2, 0.25) is 0 Å². The molecule has 1 atom stereocenters. The van der Waals surface area contributed by atoms with Crippen LogP contribution >= 0.6 is 11.6 Å². The number of fused-ring (bicyclic) bond motifs is 1. The number of aryl methyl sites for hydroxylation is 2. The van der Waals surface area contributed by atoms with E-state index in [1.807, 2.05) is 24.3 Å². The van der Waals surface area contributed by atoms with Crippen molar-refractivity contribution in [2.24, 2.45) is 0 Å². The fourth-order valence-corrected chi connectivity index (χ4v) is 4.27. The zero-order valence-corrected chi connectivity index (χ0v) is 20.1. The van der Waals surface area contributed by atoms with Crippen molar-refractivity contribution < 1.29 is 4.74 Å². The SMILES string of the molecule is C=C(C)c1cn(CCCN(C)CC(CC)Oc2ccc(Cl)cc2)c2c(CC)cccc12. The van der Waals surface area contributed by atoms with Crippen molar-refractivity contribution in [3.8, 4) is 5.75 Å². The molecule has 1 heterocycles. The highest BCUT2D eigenvalue weighted by atomic mass is 35.5. The molecule has 0 amide bonds. The highest BCUT2D eigenvalue weighted by Gasteiger charge is 2.14. The number of para-hydroxylation sites is 1. The summed E-state index contributed by atoms with van der Waals surface area (Å²) in [4.78, 5) is 2.37. The molecule has 2 aromatic carbocycles. The first kappa shape index (κ1) is 23.4. The van der Waals surface area contributed by atoms with Crippen molar-refractivity contribution in [1.29, 1.82) is 0 Å². The maximum Gasteiger partial charge on any atom is 0.119 e. The number of likely N-dealkylation sites (N-methyl/N-ethyl adjacent to an activating group) is 1. The van der Waals surface area contributed by atoms with Gasteiger partial charge in [0.1, 0.15) is 11.9 Å². The predicted octanol–water partition coefficient (Wildman–Crippen LogP) is 7.07. The number of ether oxygens (including phenoxy) is 1. The average molecular weight is 439 g/mol. The number of hydrogen-bond donors (Lipinski definition) is 0. The molecule has 0 aliphatic heterocycles. The third kappa shape index (κ3) is 5.93. The maximum atomic E-state index is 6.16. The van der Waals surface area contributed by atoms with Crippen molar-refractivity contribution in [3.63, 3.8) is 0 Å². The highest BCUT2D eigenvalue weighted by molar-refractivity contribution is 6.30. The van der Waals surface area contributed by atoms with Gasteiger partial charge in [-0.25, -0.2) is 0 Å². The number of rotatable bonds is 11. The van der Waals surface area contributed by atoms with Crippen molar-refractivity contribution in [2.45, 2.75) is 52.7 Å². The van der Waals surface area contributed by atoms with Crippen LogP contribution < -0.4 is 4.74 Å². The number of nitrogens with zero attached hydrogens (tertiary/aromatic N) is 2. The Morgan fingerprint density at radius 2 is 1.90 bits per heavy atom. The molecule has 0 aliphatic carbocycles. The van der Waals surface area contributed by atoms with Gasteiger partial charge in [-0.15, -0.1) is 0 Å². The third-order valence-corrected chi connectivity index (χ3v) is 6.10. The van der Waals surface area contributed by atoms with Gasteiger partial charge in [0.25, 0.3) is 0 Å². The molecule has 0 aliphatic rings. The van der Waals surface area contributed by atoms with Gasteiger partial charge in [0.05, 0.1) is 5.52 Å². The van der Waals surface area contributed by atoms with Gasteiger partial charge >= 0.3 is 0 Å². The molecule has 0 radical (unpaired) electrons. The summed E-state index contributed by atoms with van der Waals surface area (Å²) in [7, 11) is 2.18. The van der Waals surface area contributed by atoms with Gasteiger partial charge < -0.3 is 14.2 Å². The first-order chi connectivity index (χ1) is 14.9. The van der Waals surface area contributed by atoms with Gasteiger partial charge in [0, 0.05) is 35.3 Å². The van der Waals surface area contributed by atoms with Crippen LogP contribution in [0.15, 0.2) is 55.2 Å². The minimum atomic E-state index is 0.167.